The van der Waals surface area contributed by atoms with Gasteiger partial charge in [0.1, 0.15) is 5.75 Å². The zero-order chi connectivity index (χ0) is 9.26. The fraction of sp³-hybridized carbons (Fsp3) is 0.222. The van der Waals surface area contributed by atoms with E-state index in [9.17, 15) is 4.79 Å². The van der Waals surface area contributed by atoms with Gasteiger partial charge in [-0.1, -0.05) is 12.1 Å². The molecule has 1 heterocycles. The van der Waals surface area contributed by atoms with Gasteiger partial charge in [0.05, 0.1) is 12.3 Å². The number of hydrogen-bond donors (Lipinski definition) is 2. The van der Waals surface area contributed by atoms with E-state index in [1.54, 1.807) is 12.1 Å². The molecule has 2 N–H and O–H groups in total. The smallest absolute Gasteiger partial charge is 0.267 e. The van der Waals surface area contributed by atoms with Crippen molar-refractivity contribution in [3.63, 3.8) is 0 Å². The highest BCUT2D eigenvalue weighted by Crippen LogP contribution is 2.28. The van der Waals surface area contributed by atoms with Crippen LogP contribution in [0.4, 0.5) is 5.69 Å². The lowest BCUT2D eigenvalue weighted by atomic mass is 10.2. The monoisotopic (exact) mass is 179 g/mol. The number of amides is 1. The maximum atomic E-state index is 11.2. The Balaban J connectivity index is 2.33. The van der Waals surface area contributed by atoms with Crippen LogP contribution in [-0.2, 0) is 4.79 Å². The van der Waals surface area contributed by atoms with Crippen molar-refractivity contribution in [2.45, 2.75) is 6.10 Å². The third kappa shape index (κ3) is 1.36. The molecule has 1 aliphatic heterocycles. The van der Waals surface area contributed by atoms with E-state index >= 15 is 0 Å². The van der Waals surface area contributed by atoms with Crippen molar-refractivity contribution in [2.24, 2.45) is 0 Å². The number of aliphatic hydroxyl groups is 1. The number of carbonyl (C=O) groups excluding carboxylic acids is 1. The second-order valence-corrected chi connectivity index (χ2v) is 2.77. The van der Waals surface area contributed by atoms with Gasteiger partial charge >= 0.3 is 0 Å². The number of carbonyl (C=O) groups is 1. The van der Waals surface area contributed by atoms with E-state index in [4.69, 9.17) is 9.84 Å². The van der Waals surface area contributed by atoms with Crippen molar-refractivity contribution in [3.8, 4) is 5.75 Å². The second-order valence-electron chi connectivity index (χ2n) is 2.77. The Morgan fingerprint density at radius 2 is 2.23 bits per heavy atom. The number of anilines is 1. The minimum atomic E-state index is -0.783. The molecule has 0 fully saturated rings. The van der Waals surface area contributed by atoms with Crippen LogP contribution in [0.25, 0.3) is 0 Å². The molecule has 1 aromatic carbocycles. The van der Waals surface area contributed by atoms with Crippen molar-refractivity contribution >= 4 is 11.6 Å². The molecule has 0 unspecified atom stereocenters. The molecule has 4 nitrogen and oxygen atoms in total. The van der Waals surface area contributed by atoms with Crippen LogP contribution in [0.1, 0.15) is 0 Å². The first kappa shape index (κ1) is 8.07. The summed E-state index contributed by atoms with van der Waals surface area (Å²) in [4.78, 5) is 11.2. The predicted molar refractivity (Wildman–Crippen MR) is 46.6 cm³/mol. The number of ether oxygens (including phenoxy) is 1. The molecule has 0 aromatic heterocycles. The number of hydrogen-bond acceptors (Lipinski definition) is 3. The van der Waals surface area contributed by atoms with Crippen molar-refractivity contribution < 1.29 is 14.6 Å². The van der Waals surface area contributed by atoms with E-state index < -0.39 is 6.10 Å². The largest absolute Gasteiger partial charge is 0.476 e. The van der Waals surface area contributed by atoms with Crippen LogP contribution >= 0.6 is 0 Å². The molecular weight excluding hydrogens is 170 g/mol. The number of fused-ring (bicyclic) bond motifs is 1. The molecule has 13 heavy (non-hydrogen) atoms. The predicted octanol–water partition coefficient (Wildman–Crippen LogP) is 0.378. The van der Waals surface area contributed by atoms with Crippen LogP contribution in [0.5, 0.6) is 5.75 Å². The zero-order valence-electron chi connectivity index (χ0n) is 6.86. The molecule has 4 heteroatoms. The average molecular weight is 179 g/mol. The first-order chi connectivity index (χ1) is 6.31. The Hall–Kier alpha value is -1.55. The van der Waals surface area contributed by atoms with Gasteiger partial charge in [-0.3, -0.25) is 4.79 Å². The SMILES string of the molecule is O=C1Nc2ccccc2O[C@@H]1CO. The normalized spacial score (nSPS) is 20.1. The Labute approximate surface area is 75.1 Å². The molecule has 1 atom stereocenters. The summed E-state index contributed by atoms with van der Waals surface area (Å²) in [5, 5.41) is 11.4. The fourth-order valence-corrected chi connectivity index (χ4v) is 1.21. The molecular formula is C9H9NO3. The highest BCUT2D eigenvalue weighted by molar-refractivity contribution is 5.97. The number of rotatable bonds is 1. The van der Waals surface area contributed by atoms with Gasteiger partial charge in [-0.2, -0.15) is 0 Å². The fourth-order valence-electron chi connectivity index (χ4n) is 1.21. The first-order valence-corrected chi connectivity index (χ1v) is 3.98. The summed E-state index contributed by atoms with van der Waals surface area (Å²) in [6.45, 7) is -0.305. The van der Waals surface area contributed by atoms with Gasteiger partial charge in [-0.25, -0.2) is 0 Å². The second kappa shape index (κ2) is 3.06. The third-order valence-corrected chi connectivity index (χ3v) is 1.87. The van der Waals surface area contributed by atoms with Gasteiger partial charge in [-0.05, 0) is 12.1 Å². The Morgan fingerprint density at radius 1 is 1.46 bits per heavy atom. The van der Waals surface area contributed by atoms with Crippen LogP contribution < -0.4 is 10.1 Å². The molecule has 0 radical (unpaired) electrons. The molecule has 0 spiro atoms. The van der Waals surface area contributed by atoms with Crippen LogP contribution in [0.2, 0.25) is 0 Å². The summed E-state index contributed by atoms with van der Waals surface area (Å²) >= 11 is 0. The molecule has 1 aromatic rings. The average Bonchev–Trinajstić information content (AvgIpc) is 2.17. The minimum Gasteiger partial charge on any atom is -0.476 e. The molecule has 0 bridgehead atoms. The summed E-state index contributed by atoms with van der Waals surface area (Å²) in [6.07, 6.45) is -0.783. The number of aliphatic hydroxyl groups excluding tert-OH is 1. The van der Waals surface area contributed by atoms with E-state index in [1.807, 2.05) is 12.1 Å². The van der Waals surface area contributed by atoms with E-state index in [0.29, 0.717) is 11.4 Å². The summed E-state index contributed by atoms with van der Waals surface area (Å²) in [6, 6.07) is 7.12. The lowest BCUT2D eigenvalue weighted by Gasteiger charge is -2.23. The maximum absolute atomic E-state index is 11.2. The number of para-hydroxylation sites is 2. The summed E-state index contributed by atoms with van der Waals surface area (Å²) < 4.78 is 5.23. The highest BCUT2D eigenvalue weighted by atomic mass is 16.5. The topological polar surface area (TPSA) is 58.6 Å². The highest BCUT2D eigenvalue weighted by Gasteiger charge is 2.25. The molecule has 1 aliphatic rings. The molecule has 1 amide bonds. The van der Waals surface area contributed by atoms with Gasteiger partial charge in [-0.15, -0.1) is 0 Å². The summed E-state index contributed by atoms with van der Waals surface area (Å²) in [5.41, 5.74) is 0.650. The number of nitrogens with one attached hydrogen (secondary N) is 1. The standard InChI is InChI=1S/C9H9NO3/c11-5-8-9(12)10-6-3-1-2-4-7(6)13-8/h1-4,8,11H,5H2,(H,10,12)/t8-/m1/s1. The Kier molecular flexibility index (Phi) is 1.90. The molecule has 0 aliphatic carbocycles. The van der Waals surface area contributed by atoms with E-state index in [1.165, 1.54) is 0 Å². The van der Waals surface area contributed by atoms with Crippen molar-refractivity contribution in [1.82, 2.24) is 0 Å². The lowest BCUT2D eigenvalue weighted by Crippen LogP contribution is -2.39. The van der Waals surface area contributed by atoms with Gasteiger partial charge in [0.25, 0.3) is 5.91 Å². The third-order valence-electron chi connectivity index (χ3n) is 1.87. The van der Waals surface area contributed by atoms with Gasteiger partial charge in [0.2, 0.25) is 0 Å². The van der Waals surface area contributed by atoms with E-state index in [-0.39, 0.29) is 12.5 Å². The minimum absolute atomic E-state index is 0.304. The Bertz CT molecular complexity index is 337. The van der Waals surface area contributed by atoms with Gasteiger partial charge in [0, 0.05) is 0 Å². The molecule has 68 valence electrons. The quantitative estimate of drug-likeness (QED) is 0.655. The zero-order valence-corrected chi connectivity index (χ0v) is 6.86. The molecule has 0 saturated heterocycles. The van der Waals surface area contributed by atoms with Crippen LogP contribution in [-0.4, -0.2) is 23.7 Å². The van der Waals surface area contributed by atoms with Gasteiger partial charge in [0.15, 0.2) is 6.10 Å². The van der Waals surface area contributed by atoms with Crippen LogP contribution in [0, 0.1) is 0 Å². The van der Waals surface area contributed by atoms with Crippen molar-refractivity contribution in [1.29, 1.82) is 0 Å². The van der Waals surface area contributed by atoms with Crippen molar-refractivity contribution in [2.75, 3.05) is 11.9 Å². The molecule has 2 rings (SSSR count). The van der Waals surface area contributed by atoms with E-state index in [2.05, 4.69) is 5.32 Å². The molecule has 0 saturated carbocycles. The number of benzene rings is 1. The van der Waals surface area contributed by atoms with Gasteiger partial charge < -0.3 is 15.2 Å². The van der Waals surface area contributed by atoms with Crippen LogP contribution in [0.3, 0.4) is 0 Å². The first-order valence-electron chi connectivity index (χ1n) is 3.98. The van der Waals surface area contributed by atoms with Crippen LogP contribution in [0.15, 0.2) is 24.3 Å². The summed E-state index contributed by atoms with van der Waals surface area (Å²) in [7, 11) is 0. The summed E-state index contributed by atoms with van der Waals surface area (Å²) in [5.74, 6) is 0.294. The Morgan fingerprint density at radius 3 is 3.00 bits per heavy atom. The maximum Gasteiger partial charge on any atom is 0.267 e. The lowest BCUT2D eigenvalue weighted by molar-refractivity contribution is -0.125. The van der Waals surface area contributed by atoms with Crippen molar-refractivity contribution in [3.05, 3.63) is 24.3 Å². The van der Waals surface area contributed by atoms with E-state index in [0.717, 1.165) is 0 Å².